The zero-order valence-corrected chi connectivity index (χ0v) is 16.2. The summed E-state index contributed by atoms with van der Waals surface area (Å²) in [6.07, 6.45) is 1.69. The number of rotatable bonds is 6. The summed E-state index contributed by atoms with van der Waals surface area (Å²) >= 11 is 0. The van der Waals surface area contributed by atoms with Crippen LogP contribution in [0, 0.1) is 6.92 Å². The van der Waals surface area contributed by atoms with Gasteiger partial charge in [-0.3, -0.25) is 5.01 Å². The van der Waals surface area contributed by atoms with Gasteiger partial charge in [-0.25, -0.2) is 9.97 Å². The van der Waals surface area contributed by atoms with Gasteiger partial charge in [0.1, 0.15) is 17.2 Å². The normalized spacial score (nSPS) is 10.9. The number of phenols is 1. The van der Waals surface area contributed by atoms with E-state index >= 15 is 0 Å². The zero-order valence-electron chi connectivity index (χ0n) is 16.2. The summed E-state index contributed by atoms with van der Waals surface area (Å²) in [5, 5.41) is 16.2. The zero-order chi connectivity index (χ0) is 20.1. The second kappa shape index (κ2) is 8.39. The number of benzene rings is 2. The Morgan fingerprint density at radius 1 is 1.04 bits per heavy atom. The molecule has 0 fully saturated rings. The Morgan fingerprint density at radius 3 is 2.54 bits per heavy atom. The molecule has 3 rings (SSSR count). The summed E-state index contributed by atoms with van der Waals surface area (Å²) in [7, 11) is 5.00. The van der Waals surface area contributed by atoms with Crippen LogP contribution in [0.5, 0.6) is 17.2 Å². The van der Waals surface area contributed by atoms with E-state index in [9.17, 15) is 5.11 Å². The van der Waals surface area contributed by atoms with E-state index in [0.29, 0.717) is 28.7 Å². The first-order valence-electron chi connectivity index (χ1n) is 8.65. The molecule has 7 nitrogen and oxygen atoms in total. The quantitative estimate of drug-likeness (QED) is 0.521. The van der Waals surface area contributed by atoms with Gasteiger partial charge < -0.3 is 14.6 Å². The minimum absolute atomic E-state index is 0.133. The SMILES string of the molecule is COc1ccc(/C=N/N(C)c2cc(C)nc(-c3ccccc3O)n2)c(OC)c1. The van der Waals surface area contributed by atoms with Crippen molar-refractivity contribution < 1.29 is 14.6 Å². The van der Waals surface area contributed by atoms with Crippen molar-refractivity contribution in [3.8, 4) is 28.6 Å². The van der Waals surface area contributed by atoms with E-state index in [0.717, 1.165) is 11.3 Å². The van der Waals surface area contributed by atoms with Crippen LogP contribution >= 0.6 is 0 Å². The Bertz CT molecular complexity index is 1000. The molecule has 7 heteroatoms. The van der Waals surface area contributed by atoms with Gasteiger partial charge >= 0.3 is 0 Å². The van der Waals surface area contributed by atoms with Gasteiger partial charge in [0.15, 0.2) is 11.6 Å². The molecular formula is C21H22N4O3. The van der Waals surface area contributed by atoms with E-state index in [1.54, 1.807) is 56.8 Å². The number of hydrogen-bond donors (Lipinski definition) is 1. The molecule has 0 saturated carbocycles. The number of hydrazone groups is 1. The molecule has 0 radical (unpaired) electrons. The Hall–Kier alpha value is -3.61. The van der Waals surface area contributed by atoms with Crippen LogP contribution in [0.2, 0.25) is 0 Å². The summed E-state index contributed by atoms with van der Waals surface area (Å²) in [4.78, 5) is 8.97. The van der Waals surface area contributed by atoms with Crippen molar-refractivity contribution in [1.82, 2.24) is 9.97 Å². The lowest BCUT2D eigenvalue weighted by molar-refractivity contribution is 0.394. The molecular weight excluding hydrogens is 356 g/mol. The minimum atomic E-state index is 0.133. The fourth-order valence-electron chi connectivity index (χ4n) is 2.63. The Kier molecular flexibility index (Phi) is 5.74. The number of nitrogens with zero attached hydrogens (tertiary/aromatic N) is 4. The topological polar surface area (TPSA) is 80.1 Å². The van der Waals surface area contributed by atoms with Crippen LogP contribution in [0.3, 0.4) is 0 Å². The number of aryl methyl sites for hydroxylation is 1. The van der Waals surface area contributed by atoms with E-state index < -0.39 is 0 Å². The smallest absolute Gasteiger partial charge is 0.165 e. The predicted molar refractivity (Wildman–Crippen MR) is 109 cm³/mol. The number of aromatic hydroxyl groups is 1. The van der Waals surface area contributed by atoms with Gasteiger partial charge in [0.2, 0.25) is 0 Å². The highest BCUT2D eigenvalue weighted by Gasteiger charge is 2.11. The molecule has 0 spiro atoms. The monoisotopic (exact) mass is 378 g/mol. The van der Waals surface area contributed by atoms with Crippen LogP contribution in [0.4, 0.5) is 5.82 Å². The van der Waals surface area contributed by atoms with Crippen molar-refractivity contribution >= 4 is 12.0 Å². The van der Waals surface area contributed by atoms with E-state index in [1.165, 1.54) is 0 Å². The molecule has 144 valence electrons. The molecule has 0 aliphatic carbocycles. The van der Waals surface area contributed by atoms with Crippen LogP contribution in [0.25, 0.3) is 11.4 Å². The van der Waals surface area contributed by atoms with E-state index in [1.807, 2.05) is 31.2 Å². The van der Waals surface area contributed by atoms with Crippen molar-refractivity contribution in [1.29, 1.82) is 0 Å². The molecule has 3 aromatic rings. The summed E-state index contributed by atoms with van der Waals surface area (Å²) < 4.78 is 10.6. The van der Waals surface area contributed by atoms with Gasteiger partial charge in [0.05, 0.1) is 26.0 Å². The van der Waals surface area contributed by atoms with Crippen molar-refractivity contribution in [2.75, 3.05) is 26.3 Å². The van der Waals surface area contributed by atoms with Crippen LogP contribution in [-0.4, -0.2) is 42.6 Å². The molecule has 0 bridgehead atoms. The maximum atomic E-state index is 10.1. The van der Waals surface area contributed by atoms with Crippen LogP contribution in [-0.2, 0) is 0 Å². The van der Waals surface area contributed by atoms with E-state index in [4.69, 9.17) is 9.47 Å². The van der Waals surface area contributed by atoms with Gasteiger partial charge in [0.25, 0.3) is 0 Å². The second-order valence-electron chi connectivity index (χ2n) is 6.08. The molecule has 1 heterocycles. The lowest BCUT2D eigenvalue weighted by Crippen LogP contribution is -2.12. The highest BCUT2D eigenvalue weighted by molar-refractivity contribution is 5.84. The number of anilines is 1. The highest BCUT2D eigenvalue weighted by Crippen LogP contribution is 2.28. The highest BCUT2D eigenvalue weighted by atomic mass is 16.5. The fourth-order valence-corrected chi connectivity index (χ4v) is 2.63. The van der Waals surface area contributed by atoms with Gasteiger partial charge in [-0.2, -0.15) is 5.10 Å². The predicted octanol–water partition coefficient (Wildman–Crippen LogP) is 3.65. The molecule has 0 aliphatic heterocycles. The molecule has 1 N–H and O–H groups in total. The third kappa shape index (κ3) is 4.20. The van der Waals surface area contributed by atoms with Gasteiger partial charge in [-0.1, -0.05) is 12.1 Å². The molecule has 0 amide bonds. The molecule has 1 aromatic heterocycles. The fraction of sp³-hybridized carbons (Fsp3) is 0.190. The molecule has 28 heavy (non-hydrogen) atoms. The van der Waals surface area contributed by atoms with Gasteiger partial charge in [-0.15, -0.1) is 0 Å². The van der Waals surface area contributed by atoms with Crippen molar-refractivity contribution in [3.05, 3.63) is 59.8 Å². The molecule has 0 aliphatic rings. The largest absolute Gasteiger partial charge is 0.507 e. The summed E-state index contributed by atoms with van der Waals surface area (Å²) in [6.45, 7) is 1.87. The first kappa shape index (κ1) is 19.2. The van der Waals surface area contributed by atoms with Gasteiger partial charge in [-0.05, 0) is 31.2 Å². The first-order valence-corrected chi connectivity index (χ1v) is 8.65. The standard InChI is InChI=1S/C21H22N4O3/c1-14-11-20(24-21(23-14)17-7-5-6-8-18(17)26)25(2)22-13-15-9-10-16(27-3)12-19(15)28-4/h5-13,26H,1-4H3/b22-13+. The number of phenolic OH excluding ortho intramolecular Hbond substituents is 1. The molecule has 0 unspecified atom stereocenters. The number of methoxy groups -OCH3 is 2. The number of aromatic nitrogens is 2. The van der Waals surface area contributed by atoms with Gasteiger partial charge in [0, 0.05) is 30.4 Å². The van der Waals surface area contributed by atoms with E-state index in [-0.39, 0.29) is 5.75 Å². The van der Waals surface area contributed by atoms with Crippen molar-refractivity contribution in [2.24, 2.45) is 5.10 Å². The van der Waals surface area contributed by atoms with Crippen molar-refractivity contribution in [3.63, 3.8) is 0 Å². The third-order valence-electron chi connectivity index (χ3n) is 4.13. The number of para-hydroxylation sites is 1. The molecule has 0 saturated heterocycles. The molecule has 0 atom stereocenters. The Balaban J connectivity index is 1.90. The lowest BCUT2D eigenvalue weighted by atomic mass is 10.2. The number of ether oxygens (including phenoxy) is 2. The maximum Gasteiger partial charge on any atom is 0.165 e. The average Bonchev–Trinajstić information content (AvgIpc) is 2.71. The second-order valence-corrected chi connectivity index (χ2v) is 6.08. The first-order chi connectivity index (χ1) is 13.5. The molecule has 2 aromatic carbocycles. The Labute approximate surface area is 163 Å². The van der Waals surface area contributed by atoms with Crippen LogP contribution in [0.1, 0.15) is 11.3 Å². The minimum Gasteiger partial charge on any atom is -0.507 e. The van der Waals surface area contributed by atoms with Crippen LogP contribution in [0.15, 0.2) is 53.6 Å². The van der Waals surface area contributed by atoms with Crippen LogP contribution < -0.4 is 14.5 Å². The third-order valence-corrected chi connectivity index (χ3v) is 4.13. The summed E-state index contributed by atoms with van der Waals surface area (Å²) in [6, 6.07) is 14.3. The average molecular weight is 378 g/mol. The summed E-state index contributed by atoms with van der Waals surface area (Å²) in [5.74, 6) is 2.55. The Morgan fingerprint density at radius 2 is 1.82 bits per heavy atom. The number of hydrogen-bond acceptors (Lipinski definition) is 7. The van der Waals surface area contributed by atoms with Crippen molar-refractivity contribution in [2.45, 2.75) is 6.92 Å². The summed E-state index contributed by atoms with van der Waals surface area (Å²) in [5.41, 5.74) is 2.15. The lowest BCUT2D eigenvalue weighted by Gasteiger charge is -2.14. The maximum absolute atomic E-state index is 10.1. The van der Waals surface area contributed by atoms with E-state index in [2.05, 4.69) is 15.1 Å².